The summed E-state index contributed by atoms with van der Waals surface area (Å²) in [6.07, 6.45) is 4.32. The van der Waals surface area contributed by atoms with Gasteiger partial charge in [-0.3, -0.25) is 14.5 Å². The summed E-state index contributed by atoms with van der Waals surface area (Å²) in [5.41, 5.74) is 0. The predicted molar refractivity (Wildman–Crippen MR) is 89.7 cm³/mol. The van der Waals surface area contributed by atoms with Crippen molar-refractivity contribution in [1.29, 1.82) is 0 Å². The van der Waals surface area contributed by atoms with Crippen LogP contribution >= 0.6 is 11.3 Å². The van der Waals surface area contributed by atoms with Crippen molar-refractivity contribution >= 4 is 33.4 Å². The molecule has 0 spiro atoms. The van der Waals surface area contributed by atoms with Crippen molar-refractivity contribution in [2.45, 2.75) is 39.0 Å². The van der Waals surface area contributed by atoms with Crippen LogP contribution in [-0.4, -0.2) is 48.2 Å². The molecule has 7 nitrogen and oxygen atoms in total. The standard InChI is InChI=1S/C15H23N5O2S/c1-2-7-16-13(22)11-5-3-8-19(10-11)14-17-18-15(23-14)20-9-4-6-12(20)21/h11H,2-10H2,1H3,(H,16,22)/t11-/m1/s1. The van der Waals surface area contributed by atoms with Crippen LogP contribution in [0.5, 0.6) is 0 Å². The van der Waals surface area contributed by atoms with Crippen molar-refractivity contribution < 1.29 is 9.59 Å². The minimum atomic E-state index is 0.0102. The second kappa shape index (κ2) is 7.25. The first kappa shape index (κ1) is 16.2. The summed E-state index contributed by atoms with van der Waals surface area (Å²) < 4.78 is 0. The Balaban J connectivity index is 1.63. The molecule has 0 aromatic carbocycles. The van der Waals surface area contributed by atoms with Gasteiger partial charge < -0.3 is 10.2 Å². The van der Waals surface area contributed by atoms with Crippen LogP contribution in [0, 0.1) is 5.92 Å². The van der Waals surface area contributed by atoms with E-state index in [1.54, 1.807) is 4.90 Å². The lowest BCUT2D eigenvalue weighted by Crippen LogP contribution is -2.43. The fraction of sp³-hybridized carbons (Fsp3) is 0.733. The lowest BCUT2D eigenvalue weighted by molar-refractivity contribution is -0.125. The summed E-state index contributed by atoms with van der Waals surface area (Å²) in [4.78, 5) is 27.8. The SMILES string of the molecule is CCCNC(=O)[C@@H]1CCCN(c2nnc(N3CCCC3=O)s2)C1. The first-order chi connectivity index (χ1) is 11.2. The number of anilines is 2. The molecule has 0 bridgehead atoms. The van der Waals surface area contributed by atoms with Gasteiger partial charge in [0.05, 0.1) is 5.92 Å². The van der Waals surface area contributed by atoms with Gasteiger partial charge in [0.1, 0.15) is 0 Å². The summed E-state index contributed by atoms with van der Waals surface area (Å²) in [5.74, 6) is 0.273. The van der Waals surface area contributed by atoms with E-state index in [-0.39, 0.29) is 17.7 Å². The Morgan fingerprint density at radius 2 is 2.13 bits per heavy atom. The highest BCUT2D eigenvalue weighted by molar-refractivity contribution is 7.19. The van der Waals surface area contributed by atoms with Crippen molar-refractivity contribution in [2.24, 2.45) is 5.92 Å². The quantitative estimate of drug-likeness (QED) is 0.879. The third kappa shape index (κ3) is 3.63. The summed E-state index contributed by atoms with van der Waals surface area (Å²) >= 11 is 1.45. The van der Waals surface area contributed by atoms with Crippen LogP contribution in [0.15, 0.2) is 0 Å². The highest BCUT2D eigenvalue weighted by Crippen LogP contribution is 2.32. The third-order valence-electron chi connectivity index (χ3n) is 4.32. The fourth-order valence-electron chi connectivity index (χ4n) is 3.05. The summed E-state index contributed by atoms with van der Waals surface area (Å²) in [6.45, 7) is 5.08. The zero-order valence-electron chi connectivity index (χ0n) is 13.5. The second-order valence-electron chi connectivity index (χ2n) is 6.09. The molecule has 1 aromatic rings. The van der Waals surface area contributed by atoms with E-state index in [1.165, 1.54) is 11.3 Å². The maximum Gasteiger partial charge on any atom is 0.228 e. The lowest BCUT2D eigenvalue weighted by atomic mass is 9.97. The molecular weight excluding hydrogens is 314 g/mol. The van der Waals surface area contributed by atoms with Gasteiger partial charge in [-0.15, -0.1) is 10.2 Å². The summed E-state index contributed by atoms with van der Waals surface area (Å²) in [7, 11) is 0. The van der Waals surface area contributed by atoms with Gasteiger partial charge >= 0.3 is 0 Å². The average Bonchev–Trinajstić information content (AvgIpc) is 3.21. The summed E-state index contributed by atoms with van der Waals surface area (Å²) in [5, 5.41) is 12.9. The first-order valence-corrected chi connectivity index (χ1v) is 9.17. The second-order valence-corrected chi connectivity index (χ2v) is 7.03. The van der Waals surface area contributed by atoms with E-state index in [0.717, 1.165) is 50.4 Å². The van der Waals surface area contributed by atoms with Gasteiger partial charge in [-0.1, -0.05) is 18.3 Å². The average molecular weight is 337 g/mol. The van der Waals surface area contributed by atoms with Crippen LogP contribution in [0.2, 0.25) is 0 Å². The van der Waals surface area contributed by atoms with Crippen molar-refractivity contribution in [3.05, 3.63) is 0 Å². The molecule has 8 heteroatoms. The number of nitrogens with zero attached hydrogens (tertiary/aromatic N) is 4. The van der Waals surface area contributed by atoms with Gasteiger partial charge in [0.2, 0.25) is 22.1 Å². The van der Waals surface area contributed by atoms with Gasteiger partial charge in [0, 0.05) is 32.6 Å². The number of aromatic nitrogens is 2. The molecule has 23 heavy (non-hydrogen) atoms. The Morgan fingerprint density at radius 3 is 2.87 bits per heavy atom. The van der Waals surface area contributed by atoms with E-state index in [9.17, 15) is 9.59 Å². The minimum Gasteiger partial charge on any atom is -0.356 e. The van der Waals surface area contributed by atoms with Crippen LogP contribution in [0.3, 0.4) is 0 Å². The first-order valence-electron chi connectivity index (χ1n) is 8.35. The van der Waals surface area contributed by atoms with Crippen molar-refractivity contribution in [3.8, 4) is 0 Å². The molecule has 126 valence electrons. The molecule has 2 aliphatic rings. The van der Waals surface area contributed by atoms with Crippen LogP contribution in [0.4, 0.5) is 10.3 Å². The number of carbonyl (C=O) groups is 2. The van der Waals surface area contributed by atoms with Crippen LogP contribution in [0.25, 0.3) is 0 Å². The van der Waals surface area contributed by atoms with Gasteiger partial charge in [0.25, 0.3) is 0 Å². The smallest absolute Gasteiger partial charge is 0.228 e. The van der Waals surface area contributed by atoms with Crippen molar-refractivity contribution in [3.63, 3.8) is 0 Å². The van der Waals surface area contributed by atoms with Crippen molar-refractivity contribution in [1.82, 2.24) is 15.5 Å². The maximum atomic E-state index is 12.2. The van der Waals surface area contributed by atoms with Gasteiger partial charge in [-0.2, -0.15) is 0 Å². The number of amides is 2. The van der Waals surface area contributed by atoms with E-state index in [1.807, 2.05) is 0 Å². The molecule has 2 amide bonds. The molecule has 1 aromatic heterocycles. The molecule has 3 rings (SSSR count). The van der Waals surface area contributed by atoms with E-state index in [4.69, 9.17) is 0 Å². The molecule has 0 saturated carbocycles. The van der Waals surface area contributed by atoms with E-state index in [0.29, 0.717) is 18.1 Å². The Bertz CT molecular complexity index is 576. The Morgan fingerprint density at radius 1 is 1.30 bits per heavy atom. The number of nitrogens with one attached hydrogen (secondary N) is 1. The van der Waals surface area contributed by atoms with Crippen LogP contribution < -0.4 is 15.1 Å². The number of hydrogen-bond acceptors (Lipinski definition) is 6. The maximum absolute atomic E-state index is 12.2. The van der Waals surface area contributed by atoms with Gasteiger partial charge in [-0.05, 0) is 25.7 Å². The lowest BCUT2D eigenvalue weighted by Gasteiger charge is -2.31. The molecule has 0 aliphatic carbocycles. The number of hydrogen-bond donors (Lipinski definition) is 1. The molecule has 1 atom stereocenters. The van der Waals surface area contributed by atoms with Crippen LogP contribution in [0.1, 0.15) is 39.0 Å². The molecular formula is C15H23N5O2S. The normalized spacial score (nSPS) is 21.8. The predicted octanol–water partition coefficient (Wildman–Crippen LogP) is 1.41. The highest BCUT2D eigenvalue weighted by Gasteiger charge is 2.29. The monoisotopic (exact) mass is 337 g/mol. The molecule has 2 saturated heterocycles. The molecule has 2 aliphatic heterocycles. The fourth-order valence-corrected chi connectivity index (χ4v) is 3.98. The Labute approximate surface area is 140 Å². The zero-order valence-corrected chi connectivity index (χ0v) is 14.3. The van der Waals surface area contributed by atoms with E-state index >= 15 is 0 Å². The Kier molecular flexibility index (Phi) is 5.09. The number of carbonyl (C=O) groups excluding carboxylic acids is 2. The molecule has 0 unspecified atom stereocenters. The van der Waals surface area contributed by atoms with Crippen molar-refractivity contribution in [2.75, 3.05) is 36.0 Å². The largest absolute Gasteiger partial charge is 0.356 e. The molecule has 3 heterocycles. The number of piperidine rings is 1. The topological polar surface area (TPSA) is 78.4 Å². The molecule has 0 radical (unpaired) electrons. The van der Waals surface area contributed by atoms with Crippen LogP contribution in [-0.2, 0) is 9.59 Å². The highest BCUT2D eigenvalue weighted by atomic mass is 32.1. The minimum absolute atomic E-state index is 0.0102. The third-order valence-corrected chi connectivity index (χ3v) is 5.33. The Hall–Kier alpha value is -1.70. The van der Waals surface area contributed by atoms with E-state index < -0.39 is 0 Å². The molecule has 2 fully saturated rings. The van der Waals surface area contributed by atoms with E-state index in [2.05, 4.69) is 27.3 Å². The zero-order chi connectivity index (χ0) is 16.2. The number of rotatable bonds is 5. The van der Waals surface area contributed by atoms with Gasteiger partial charge in [0.15, 0.2) is 0 Å². The molecule has 1 N–H and O–H groups in total. The van der Waals surface area contributed by atoms with Gasteiger partial charge in [-0.25, -0.2) is 0 Å². The summed E-state index contributed by atoms with van der Waals surface area (Å²) in [6, 6.07) is 0.